The van der Waals surface area contributed by atoms with Gasteiger partial charge in [0.15, 0.2) is 0 Å². The standard InChI is InChI=1S/C21H36ClN3/c1-6-18(24)19-16(5)21(22,17-8-10-25(7-2)11-9-17)20(19)15(4)12-14(3)13-23/h6,12,15,17-20H,1,5,7-11,13,23-24H2,2-4H3/b14-12+. The van der Waals surface area contributed by atoms with E-state index in [0.29, 0.717) is 18.4 Å². The minimum atomic E-state index is -0.351. The van der Waals surface area contributed by atoms with Crippen LogP contribution in [0.15, 0.2) is 36.5 Å². The lowest BCUT2D eigenvalue weighted by Gasteiger charge is -2.61. The van der Waals surface area contributed by atoms with Crippen LogP contribution in [0, 0.1) is 23.7 Å². The Morgan fingerprint density at radius 2 is 2.04 bits per heavy atom. The summed E-state index contributed by atoms with van der Waals surface area (Å²) in [5.74, 6) is 1.29. The van der Waals surface area contributed by atoms with Crippen molar-refractivity contribution in [2.24, 2.45) is 35.1 Å². The Balaban J connectivity index is 2.27. The molecule has 1 aliphatic carbocycles. The summed E-state index contributed by atoms with van der Waals surface area (Å²) in [6.07, 6.45) is 6.38. The zero-order valence-electron chi connectivity index (χ0n) is 16.2. The van der Waals surface area contributed by atoms with Crippen molar-refractivity contribution in [1.29, 1.82) is 0 Å². The minimum Gasteiger partial charge on any atom is -0.327 e. The first-order chi connectivity index (χ1) is 11.8. The van der Waals surface area contributed by atoms with Crippen LogP contribution in [0.1, 0.15) is 33.6 Å². The summed E-state index contributed by atoms with van der Waals surface area (Å²) in [5, 5.41) is 0. The molecule has 2 aliphatic rings. The first-order valence-electron chi connectivity index (χ1n) is 9.67. The first-order valence-corrected chi connectivity index (χ1v) is 10.0. The molecule has 1 heterocycles. The second kappa shape index (κ2) is 8.39. The van der Waals surface area contributed by atoms with E-state index in [1.807, 2.05) is 6.08 Å². The van der Waals surface area contributed by atoms with Gasteiger partial charge in [-0.25, -0.2) is 0 Å². The maximum atomic E-state index is 7.34. The van der Waals surface area contributed by atoms with Crippen molar-refractivity contribution in [3.05, 3.63) is 36.5 Å². The van der Waals surface area contributed by atoms with Crippen LogP contribution >= 0.6 is 11.6 Å². The molecule has 4 heteroatoms. The molecule has 1 saturated heterocycles. The second-order valence-electron chi connectivity index (χ2n) is 7.94. The average Bonchev–Trinajstić information content (AvgIpc) is 2.63. The second-order valence-corrected chi connectivity index (χ2v) is 8.57. The van der Waals surface area contributed by atoms with Crippen molar-refractivity contribution in [1.82, 2.24) is 4.90 Å². The van der Waals surface area contributed by atoms with Crippen molar-refractivity contribution in [2.75, 3.05) is 26.2 Å². The van der Waals surface area contributed by atoms with Gasteiger partial charge in [0, 0.05) is 18.5 Å². The third-order valence-electron chi connectivity index (χ3n) is 6.52. The molecular weight excluding hydrogens is 330 g/mol. The van der Waals surface area contributed by atoms with Crippen LogP contribution in [-0.2, 0) is 0 Å². The van der Waals surface area contributed by atoms with Crippen LogP contribution in [0.5, 0.6) is 0 Å². The number of likely N-dealkylation sites (tertiary alicyclic amines) is 1. The van der Waals surface area contributed by atoms with Gasteiger partial charge in [-0.05, 0) is 57.2 Å². The highest BCUT2D eigenvalue weighted by Crippen LogP contribution is 2.62. The van der Waals surface area contributed by atoms with Crippen LogP contribution in [-0.4, -0.2) is 42.0 Å². The van der Waals surface area contributed by atoms with Gasteiger partial charge < -0.3 is 16.4 Å². The molecule has 2 fully saturated rings. The summed E-state index contributed by atoms with van der Waals surface area (Å²) in [5.41, 5.74) is 14.5. The summed E-state index contributed by atoms with van der Waals surface area (Å²) in [4.78, 5) is 2.15. The molecule has 0 radical (unpaired) electrons. The Bertz CT molecular complexity index is 521. The van der Waals surface area contributed by atoms with Crippen molar-refractivity contribution in [3.8, 4) is 0 Å². The topological polar surface area (TPSA) is 55.3 Å². The lowest BCUT2D eigenvalue weighted by molar-refractivity contribution is 0.0587. The van der Waals surface area contributed by atoms with Crippen LogP contribution in [0.2, 0.25) is 0 Å². The van der Waals surface area contributed by atoms with Gasteiger partial charge in [-0.15, -0.1) is 18.2 Å². The monoisotopic (exact) mass is 365 g/mol. The lowest BCUT2D eigenvalue weighted by atomic mass is 9.49. The molecule has 5 atom stereocenters. The molecular formula is C21H36ClN3. The molecule has 0 aromatic rings. The zero-order valence-corrected chi connectivity index (χ0v) is 16.9. The van der Waals surface area contributed by atoms with Crippen molar-refractivity contribution in [3.63, 3.8) is 0 Å². The predicted octanol–water partition coefficient (Wildman–Crippen LogP) is 3.55. The highest BCUT2D eigenvalue weighted by molar-refractivity contribution is 6.27. The van der Waals surface area contributed by atoms with E-state index in [1.165, 1.54) is 5.57 Å². The van der Waals surface area contributed by atoms with Gasteiger partial charge in [-0.3, -0.25) is 0 Å². The minimum absolute atomic E-state index is 0.0888. The van der Waals surface area contributed by atoms with Crippen LogP contribution in [0.25, 0.3) is 0 Å². The summed E-state index contributed by atoms with van der Waals surface area (Å²) >= 11 is 7.34. The Labute approximate surface area is 159 Å². The van der Waals surface area contributed by atoms with Gasteiger partial charge in [0.2, 0.25) is 0 Å². The zero-order chi connectivity index (χ0) is 18.8. The summed E-state index contributed by atoms with van der Waals surface area (Å²) < 4.78 is 0. The van der Waals surface area contributed by atoms with E-state index in [1.54, 1.807) is 0 Å². The van der Waals surface area contributed by atoms with E-state index in [9.17, 15) is 0 Å². The highest BCUT2D eigenvalue weighted by Gasteiger charge is 2.62. The van der Waals surface area contributed by atoms with Gasteiger partial charge in [0.25, 0.3) is 0 Å². The van der Waals surface area contributed by atoms with Crippen LogP contribution < -0.4 is 11.5 Å². The lowest BCUT2D eigenvalue weighted by Crippen LogP contribution is -2.64. The van der Waals surface area contributed by atoms with Gasteiger partial charge in [-0.2, -0.15) is 0 Å². The van der Waals surface area contributed by atoms with Crippen molar-refractivity contribution < 1.29 is 0 Å². The van der Waals surface area contributed by atoms with Gasteiger partial charge >= 0.3 is 0 Å². The number of piperidine rings is 1. The van der Waals surface area contributed by atoms with Gasteiger partial charge in [0.05, 0.1) is 4.87 Å². The number of nitrogens with zero attached hydrogens (tertiary/aromatic N) is 1. The molecule has 1 saturated carbocycles. The SMILES string of the molecule is C=CC(N)C1C(=C)C(Cl)(C2CCN(CC)CC2)C1C(C)/C=C(\C)CN. The Hall–Kier alpha value is -0.610. The van der Waals surface area contributed by atoms with Gasteiger partial charge in [0.1, 0.15) is 0 Å². The molecule has 5 unspecified atom stereocenters. The third-order valence-corrected chi connectivity index (χ3v) is 7.32. The Kier molecular flexibility index (Phi) is 6.94. The summed E-state index contributed by atoms with van der Waals surface area (Å²) in [6.45, 7) is 18.8. The fraction of sp³-hybridized carbons (Fsp3) is 0.714. The Morgan fingerprint density at radius 1 is 1.44 bits per heavy atom. The van der Waals surface area contributed by atoms with E-state index in [0.717, 1.165) is 38.0 Å². The number of hydrogen-bond donors (Lipinski definition) is 2. The van der Waals surface area contributed by atoms with E-state index >= 15 is 0 Å². The Morgan fingerprint density at radius 3 is 2.52 bits per heavy atom. The molecule has 142 valence electrons. The molecule has 1 aliphatic heterocycles. The maximum Gasteiger partial charge on any atom is 0.0725 e. The molecule has 0 aromatic carbocycles. The summed E-state index contributed by atoms with van der Waals surface area (Å²) in [7, 11) is 0. The smallest absolute Gasteiger partial charge is 0.0725 e. The number of nitrogens with two attached hydrogens (primary N) is 2. The number of halogens is 1. The normalized spacial score (nSPS) is 34.5. The van der Waals surface area contributed by atoms with Crippen LogP contribution in [0.4, 0.5) is 0 Å². The molecule has 0 bridgehead atoms. The van der Waals surface area contributed by atoms with E-state index < -0.39 is 0 Å². The first kappa shape index (κ1) is 20.7. The number of alkyl halides is 1. The largest absolute Gasteiger partial charge is 0.327 e. The van der Waals surface area contributed by atoms with Crippen LogP contribution in [0.3, 0.4) is 0 Å². The molecule has 0 spiro atoms. The van der Waals surface area contributed by atoms with Crippen molar-refractivity contribution >= 4 is 11.6 Å². The fourth-order valence-electron chi connectivity index (χ4n) is 5.00. The molecule has 0 aromatic heterocycles. The maximum absolute atomic E-state index is 7.34. The van der Waals surface area contributed by atoms with Gasteiger partial charge in [-0.1, -0.05) is 43.7 Å². The predicted molar refractivity (Wildman–Crippen MR) is 110 cm³/mol. The number of allylic oxidation sites excluding steroid dienone is 1. The van der Waals surface area contributed by atoms with E-state index in [4.69, 9.17) is 23.1 Å². The molecule has 3 nitrogen and oxygen atoms in total. The molecule has 2 rings (SSSR count). The highest BCUT2D eigenvalue weighted by atomic mass is 35.5. The summed E-state index contributed by atoms with van der Waals surface area (Å²) in [6, 6.07) is -0.0888. The number of rotatable bonds is 7. The fourth-order valence-corrected chi connectivity index (χ4v) is 5.68. The molecule has 4 N–H and O–H groups in total. The molecule has 25 heavy (non-hydrogen) atoms. The third kappa shape index (κ3) is 3.75. The molecule has 0 amide bonds. The quantitative estimate of drug-likeness (QED) is 0.535. The van der Waals surface area contributed by atoms with Crippen molar-refractivity contribution in [2.45, 2.75) is 44.5 Å². The number of hydrogen-bond acceptors (Lipinski definition) is 3. The van der Waals surface area contributed by atoms with E-state index in [2.05, 4.69) is 44.9 Å². The average molecular weight is 366 g/mol. The van der Waals surface area contributed by atoms with E-state index in [-0.39, 0.29) is 22.8 Å².